The summed E-state index contributed by atoms with van der Waals surface area (Å²) in [6.45, 7) is 2.58. The van der Waals surface area contributed by atoms with Gasteiger partial charge < -0.3 is 0 Å². The summed E-state index contributed by atoms with van der Waals surface area (Å²) in [4.78, 5) is 0. The lowest BCUT2D eigenvalue weighted by atomic mass is 9.92. The second kappa shape index (κ2) is 3.00. The van der Waals surface area contributed by atoms with Crippen molar-refractivity contribution < 1.29 is 8.78 Å². The van der Waals surface area contributed by atoms with Gasteiger partial charge in [-0.2, -0.15) is 0 Å². The van der Waals surface area contributed by atoms with Crippen LogP contribution < -0.4 is 0 Å². The van der Waals surface area contributed by atoms with Crippen LogP contribution in [-0.4, -0.2) is 13.3 Å². The molecule has 0 aliphatic rings. The molecule has 50 valence electrons. The molecular weight excluding hydrogens is 110 g/mol. The molecule has 0 saturated carbocycles. The van der Waals surface area contributed by atoms with E-state index in [4.69, 9.17) is 0 Å². The highest BCUT2D eigenvalue weighted by atomic mass is 19.1. The second-order valence-corrected chi connectivity index (χ2v) is 2.74. The van der Waals surface area contributed by atoms with Crippen LogP contribution in [0.3, 0.4) is 0 Å². The van der Waals surface area contributed by atoms with Gasteiger partial charge in [0.05, 0.1) is 13.3 Å². The summed E-state index contributed by atoms with van der Waals surface area (Å²) >= 11 is 0. The Bertz CT molecular complexity index is 59.5. The summed E-state index contributed by atoms with van der Waals surface area (Å²) < 4.78 is 23.3. The standard InChI is InChI=1S/C6H12F2/c1-6(2,5-8)3-4-7/h3-5H2,1-2H3. The van der Waals surface area contributed by atoms with E-state index in [1.807, 2.05) is 0 Å². The maximum atomic E-state index is 11.8. The SMILES string of the molecule is CC(C)(CF)CCF. The van der Waals surface area contributed by atoms with E-state index < -0.39 is 18.8 Å². The Labute approximate surface area is 48.9 Å². The molecule has 0 unspecified atom stereocenters. The first-order valence-corrected chi connectivity index (χ1v) is 2.74. The molecule has 0 radical (unpaired) electrons. The molecule has 0 N–H and O–H groups in total. The second-order valence-electron chi connectivity index (χ2n) is 2.74. The monoisotopic (exact) mass is 122 g/mol. The zero-order chi connectivity index (χ0) is 6.62. The van der Waals surface area contributed by atoms with E-state index in [2.05, 4.69) is 0 Å². The number of hydrogen-bond donors (Lipinski definition) is 0. The van der Waals surface area contributed by atoms with Gasteiger partial charge in [0.2, 0.25) is 0 Å². The van der Waals surface area contributed by atoms with Gasteiger partial charge >= 0.3 is 0 Å². The Morgan fingerprint density at radius 2 is 1.75 bits per heavy atom. The van der Waals surface area contributed by atoms with Crippen molar-refractivity contribution in [2.24, 2.45) is 5.41 Å². The van der Waals surface area contributed by atoms with Gasteiger partial charge in [0, 0.05) is 0 Å². The van der Waals surface area contributed by atoms with E-state index in [0.29, 0.717) is 6.42 Å². The minimum atomic E-state index is -0.450. The molecular formula is C6H12F2. The summed E-state index contributed by atoms with van der Waals surface area (Å²) in [5, 5.41) is 0. The first-order valence-electron chi connectivity index (χ1n) is 2.74. The van der Waals surface area contributed by atoms with Crippen LogP contribution in [0.5, 0.6) is 0 Å². The summed E-state index contributed by atoms with van der Waals surface area (Å²) in [7, 11) is 0. The van der Waals surface area contributed by atoms with Crippen LogP contribution in [0, 0.1) is 5.41 Å². The number of halogens is 2. The molecule has 0 fully saturated rings. The van der Waals surface area contributed by atoms with Gasteiger partial charge in [-0.05, 0) is 11.8 Å². The van der Waals surface area contributed by atoms with Gasteiger partial charge in [-0.15, -0.1) is 0 Å². The Kier molecular flexibility index (Phi) is 2.95. The number of hydrogen-bond acceptors (Lipinski definition) is 0. The summed E-state index contributed by atoms with van der Waals surface area (Å²) in [5.41, 5.74) is -0.450. The minimum Gasteiger partial charge on any atom is -0.251 e. The fourth-order valence-electron chi connectivity index (χ4n) is 0.323. The van der Waals surface area contributed by atoms with Crippen LogP contribution in [0.15, 0.2) is 0 Å². The van der Waals surface area contributed by atoms with Crippen molar-refractivity contribution in [3.05, 3.63) is 0 Å². The first-order chi connectivity index (χ1) is 3.62. The third kappa shape index (κ3) is 2.94. The van der Waals surface area contributed by atoms with Crippen LogP contribution in [0.25, 0.3) is 0 Å². The van der Waals surface area contributed by atoms with E-state index in [1.54, 1.807) is 13.8 Å². The van der Waals surface area contributed by atoms with Gasteiger partial charge in [-0.25, -0.2) is 0 Å². The molecule has 0 aromatic heterocycles. The molecule has 0 rings (SSSR count). The predicted octanol–water partition coefficient (Wildman–Crippen LogP) is 2.34. The molecule has 0 aromatic rings. The lowest BCUT2D eigenvalue weighted by Gasteiger charge is -2.16. The van der Waals surface area contributed by atoms with Crippen molar-refractivity contribution in [1.29, 1.82) is 0 Å². The van der Waals surface area contributed by atoms with E-state index >= 15 is 0 Å². The smallest absolute Gasteiger partial charge is 0.0946 e. The maximum Gasteiger partial charge on any atom is 0.0946 e. The molecule has 0 heterocycles. The molecule has 0 aliphatic heterocycles. The molecule has 0 bridgehead atoms. The molecule has 0 aliphatic carbocycles. The van der Waals surface area contributed by atoms with Crippen molar-refractivity contribution in [1.82, 2.24) is 0 Å². The van der Waals surface area contributed by atoms with Gasteiger partial charge in [0.25, 0.3) is 0 Å². The molecule has 0 saturated heterocycles. The zero-order valence-electron chi connectivity index (χ0n) is 5.38. The highest BCUT2D eigenvalue weighted by molar-refractivity contribution is 4.65. The van der Waals surface area contributed by atoms with Crippen molar-refractivity contribution in [2.45, 2.75) is 20.3 Å². The van der Waals surface area contributed by atoms with E-state index in [0.717, 1.165) is 0 Å². The summed E-state index contributed by atoms with van der Waals surface area (Å²) in [6, 6.07) is 0. The average Bonchev–Trinajstić information content (AvgIpc) is 1.67. The van der Waals surface area contributed by atoms with Crippen molar-refractivity contribution in [3.63, 3.8) is 0 Å². The lowest BCUT2D eigenvalue weighted by Crippen LogP contribution is -2.14. The fraction of sp³-hybridized carbons (Fsp3) is 1.00. The number of rotatable bonds is 3. The van der Waals surface area contributed by atoms with Crippen molar-refractivity contribution in [2.75, 3.05) is 13.3 Å². The molecule has 2 heteroatoms. The van der Waals surface area contributed by atoms with Gasteiger partial charge in [-0.3, -0.25) is 8.78 Å². The molecule has 8 heavy (non-hydrogen) atoms. The highest BCUT2D eigenvalue weighted by Gasteiger charge is 2.15. The third-order valence-corrected chi connectivity index (χ3v) is 1.13. The Hall–Kier alpha value is -0.140. The molecule has 0 amide bonds. The summed E-state index contributed by atoms with van der Waals surface area (Å²) in [6.07, 6.45) is 0.323. The van der Waals surface area contributed by atoms with Crippen LogP contribution in [0.4, 0.5) is 8.78 Å². The third-order valence-electron chi connectivity index (χ3n) is 1.13. The van der Waals surface area contributed by atoms with E-state index in [1.165, 1.54) is 0 Å². The van der Waals surface area contributed by atoms with E-state index in [9.17, 15) is 8.78 Å². The Balaban J connectivity index is 3.37. The molecule has 0 nitrogen and oxygen atoms in total. The van der Waals surface area contributed by atoms with Crippen LogP contribution in [0.1, 0.15) is 20.3 Å². The Morgan fingerprint density at radius 1 is 1.25 bits per heavy atom. The lowest BCUT2D eigenvalue weighted by molar-refractivity contribution is 0.218. The quantitative estimate of drug-likeness (QED) is 0.539. The van der Waals surface area contributed by atoms with Gasteiger partial charge in [-0.1, -0.05) is 13.8 Å². The van der Waals surface area contributed by atoms with Crippen molar-refractivity contribution >= 4 is 0 Å². The van der Waals surface area contributed by atoms with Gasteiger partial charge in [0.15, 0.2) is 0 Å². The minimum absolute atomic E-state index is 0.323. The predicted molar refractivity (Wildman–Crippen MR) is 30.3 cm³/mol. The van der Waals surface area contributed by atoms with E-state index in [-0.39, 0.29) is 0 Å². The van der Waals surface area contributed by atoms with Crippen LogP contribution >= 0.6 is 0 Å². The zero-order valence-corrected chi connectivity index (χ0v) is 5.38. The highest BCUT2D eigenvalue weighted by Crippen LogP contribution is 2.19. The normalized spacial score (nSPS) is 12.0. The molecule has 0 spiro atoms. The van der Waals surface area contributed by atoms with Gasteiger partial charge in [0.1, 0.15) is 0 Å². The van der Waals surface area contributed by atoms with Crippen LogP contribution in [0.2, 0.25) is 0 Å². The van der Waals surface area contributed by atoms with Crippen molar-refractivity contribution in [3.8, 4) is 0 Å². The largest absolute Gasteiger partial charge is 0.251 e. The Morgan fingerprint density at radius 3 is 1.88 bits per heavy atom. The topological polar surface area (TPSA) is 0 Å². The number of alkyl halides is 2. The first kappa shape index (κ1) is 7.86. The fourth-order valence-corrected chi connectivity index (χ4v) is 0.323. The molecule has 0 aromatic carbocycles. The van der Waals surface area contributed by atoms with Crippen LogP contribution in [-0.2, 0) is 0 Å². The maximum absolute atomic E-state index is 11.8. The molecule has 0 atom stereocenters. The average molecular weight is 122 g/mol. The summed E-state index contributed by atoms with van der Waals surface area (Å²) in [5.74, 6) is 0.